The SMILES string of the molecule is CC(C(=O)O)(C1CC1)N1C(=O)c2cccnc2C1=O. The summed E-state index contributed by atoms with van der Waals surface area (Å²) in [6.45, 7) is 1.44. The Morgan fingerprint density at radius 3 is 2.63 bits per heavy atom. The Kier molecular flexibility index (Phi) is 2.26. The normalized spacial score (nSPS) is 21.2. The van der Waals surface area contributed by atoms with E-state index < -0.39 is 23.3 Å². The molecule has 0 radical (unpaired) electrons. The van der Waals surface area contributed by atoms with Crippen molar-refractivity contribution < 1.29 is 19.5 Å². The van der Waals surface area contributed by atoms with Crippen molar-refractivity contribution in [3.63, 3.8) is 0 Å². The molecule has 1 aliphatic heterocycles. The summed E-state index contributed by atoms with van der Waals surface area (Å²) in [5, 5.41) is 9.45. The molecular weight excluding hydrogens is 248 g/mol. The number of carbonyl (C=O) groups excluding carboxylic acids is 2. The molecule has 1 aliphatic carbocycles. The van der Waals surface area contributed by atoms with E-state index in [1.165, 1.54) is 19.2 Å². The molecule has 2 aliphatic rings. The molecule has 6 nitrogen and oxygen atoms in total. The maximum atomic E-state index is 12.3. The monoisotopic (exact) mass is 260 g/mol. The lowest BCUT2D eigenvalue weighted by atomic mass is 9.93. The van der Waals surface area contributed by atoms with Gasteiger partial charge in [-0.25, -0.2) is 4.79 Å². The minimum Gasteiger partial charge on any atom is -0.479 e. The Hall–Kier alpha value is -2.24. The Morgan fingerprint density at radius 2 is 2.11 bits per heavy atom. The Balaban J connectivity index is 2.11. The van der Waals surface area contributed by atoms with E-state index in [9.17, 15) is 19.5 Å². The van der Waals surface area contributed by atoms with Crippen LogP contribution in [-0.4, -0.2) is 38.3 Å². The average Bonchev–Trinajstić information content (AvgIpc) is 3.19. The zero-order chi connectivity index (χ0) is 13.8. The van der Waals surface area contributed by atoms with Crippen molar-refractivity contribution in [3.05, 3.63) is 29.6 Å². The lowest BCUT2D eigenvalue weighted by Crippen LogP contribution is -2.56. The van der Waals surface area contributed by atoms with E-state index in [4.69, 9.17) is 0 Å². The average molecular weight is 260 g/mol. The summed E-state index contributed by atoms with van der Waals surface area (Å²) in [5.41, 5.74) is -1.25. The number of carboxylic acid groups (broad SMARTS) is 1. The third-order valence-corrected chi connectivity index (χ3v) is 3.92. The topological polar surface area (TPSA) is 87.6 Å². The maximum Gasteiger partial charge on any atom is 0.330 e. The number of hydrogen-bond acceptors (Lipinski definition) is 4. The minimum absolute atomic E-state index is 0.0422. The van der Waals surface area contributed by atoms with E-state index in [-0.39, 0.29) is 17.2 Å². The zero-order valence-corrected chi connectivity index (χ0v) is 10.3. The summed E-state index contributed by atoms with van der Waals surface area (Å²) in [7, 11) is 0. The van der Waals surface area contributed by atoms with Crippen molar-refractivity contribution in [2.75, 3.05) is 0 Å². The molecule has 0 spiro atoms. The third-order valence-electron chi connectivity index (χ3n) is 3.92. The number of amides is 2. The van der Waals surface area contributed by atoms with Gasteiger partial charge in [0.2, 0.25) is 0 Å². The van der Waals surface area contributed by atoms with E-state index in [1.807, 2.05) is 0 Å². The van der Waals surface area contributed by atoms with Crippen LogP contribution in [0.25, 0.3) is 0 Å². The van der Waals surface area contributed by atoms with Crippen molar-refractivity contribution in [2.24, 2.45) is 5.92 Å². The van der Waals surface area contributed by atoms with Crippen molar-refractivity contribution in [3.8, 4) is 0 Å². The van der Waals surface area contributed by atoms with E-state index in [1.54, 1.807) is 6.07 Å². The molecule has 1 N–H and O–H groups in total. The van der Waals surface area contributed by atoms with Crippen LogP contribution >= 0.6 is 0 Å². The standard InChI is InChI=1S/C13H12N2O4/c1-13(12(18)19,7-4-5-7)15-10(16)8-3-2-6-14-9(8)11(15)17/h2-3,6-7H,4-5H2,1H3,(H,18,19). The van der Waals surface area contributed by atoms with E-state index in [0.29, 0.717) is 12.8 Å². The fourth-order valence-corrected chi connectivity index (χ4v) is 2.59. The van der Waals surface area contributed by atoms with Crippen molar-refractivity contribution in [1.29, 1.82) is 0 Å². The van der Waals surface area contributed by atoms with E-state index in [0.717, 1.165) is 4.90 Å². The van der Waals surface area contributed by atoms with Crippen LogP contribution in [0, 0.1) is 5.92 Å². The molecule has 1 fully saturated rings. The van der Waals surface area contributed by atoms with Gasteiger partial charge in [-0.1, -0.05) is 0 Å². The molecule has 0 aromatic carbocycles. The molecule has 0 bridgehead atoms. The van der Waals surface area contributed by atoms with Gasteiger partial charge in [0.05, 0.1) is 5.56 Å². The lowest BCUT2D eigenvalue weighted by Gasteiger charge is -2.33. The number of aromatic nitrogens is 1. The molecule has 2 amide bonds. The molecule has 1 atom stereocenters. The molecule has 1 aromatic heterocycles. The zero-order valence-electron chi connectivity index (χ0n) is 10.3. The second kappa shape index (κ2) is 3.63. The molecule has 2 heterocycles. The van der Waals surface area contributed by atoms with Crippen molar-refractivity contribution in [2.45, 2.75) is 25.3 Å². The van der Waals surface area contributed by atoms with Crippen molar-refractivity contribution in [1.82, 2.24) is 9.88 Å². The maximum absolute atomic E-state index is 12.3. The Morgan fingerprint density at radius 1 is 1.42 bits per heavy atom. The molecule has 6 heteroatoms. The van der Waals surface area contributed by atoms with Crippen LogP contribution in [0.1, 0.15) is 40.6 Å². The number of rotatable bonds is 3. The predicted octanol–water partition coefficient (Wildman–Crippen LogP) is 0.931. The third kappa shape index (κ3) is 1.43. The van der Waals surface area contributed by atoms with Gasteiger partial charge in [0.25, 0.3) is 11.8 Å². The first-order valence-corrected chi connectivity index (χ1v) is 6.05. The summed E-state index contributed by atoms with van der Waals surface area (Å²) in [5.74, 6) is -2.50. The second-order valence-electron chi connectivity index (χ2n) is 5.07. The summed E-state index contributed by atoms with van der Waals surface area (Å²) in [6, 6.07) is 3.06. The summed E-state index contributed by atoms with van der Waals surface area (Å²) in [4.78, 5) is 40.9. The van der Waals surface area contributed by atoms with Gasteiger partial charge in [0, 0.05) is 6.20 Å². The van der Waals surface area contributed by atoms with Gasteiger partial charge in [0.1, 0.15) is 11.2 Å². The van der Waals surface area contributed by atoms with Crippen LogP contribution in [-0.2, 0) is 4.79 Å². The Bertz CT molecular complexity index is 573. The van der Waals surface area contributed by atoms with Crippen LogP contribution in [0.4, 0.5) is 0 Å². The van der Waals surface area contributed by atoms with E-state index >= 15 is 0 Å². The smallest absolute Gasteiger partial charge is 0.330 e. The first-order chi connectivity index (χ1) is 8.98. The molecule has 0 saturated heterocycles. The van der Waals surface area contributed by atoms with Crippen LogP contribution < -0.4 is 0 Å². The molecule has 3 rings (SSSR count). The van der Waals surface area contributed by atoms with Gasteiger partial charge in [-0.15, -0.1) is 0 Å². The predicted molar refractivity (Wildman–Crippen MR) is 63.5 cm³/mol. The molecular formula is C13H12N2O4. The summed E-state index contributed by atoms with van der Waals surface area (Å²) >= 11 is 0. The lowest BCUT2D eigenvalue weighted by molar-refractivity contribution is -0.148. The molecule has 1 saturated carbocycles. The summed E-state index contributed by atoms with van der Waals surface area (Å²) in [6.07, 6.45) is 2.84. The quantitative estimate of drug-likeness (QED) is 0.817. The molecule has 1 unspecified atom stereocenters. The molecule has 19 heavy (non-hydrogen) atoms. The number of fused-ring (bicyclic) bond motifs is 1. The van der Waals surface area contributed by atoms with Gasteiger partial charge < -0.3 is 5.11 Å². The van der Waals surface area contributed by atoms with Crippen LogP contribution in [0.3, 0.4) is 0 Å². The largest absolute Gasteiger partial charge is 0.479 e. The highest BCUT2D eigenvalue weighted by molar-refractivity contribution is 6.22. The summed E-state index contributed by atoms with van der Waals surface area (Å²) < 4.78 is 0. The number of nitrogens with zero attached hydrogens (tertiary/aromatic N) is 2. The van der Waals surface area contributed by atoms with Gasteiger partial charge in [-0.05, 0) is 37.8 Å². The van der Waals surface area contributed by atoms with Crippen molar-refractivity contribution >= 4 is 17.8 Å². The van der Waals surface area contributed by atoms with E-state index in [2.05, 4.69) is 4.98 Å². The number of imide groups is 1. The van der Waals surface area contributed by atoms with Gasteiger partial charge in [0.15, 0.2) is 0 Å². The van der Waals surface area contributed by atoms with Crippen LogP contribution in [0.2, 0.25) is 0 Å². The fourth-order valence-electron chi connectivity index (χ4n) is 2.59. The fraction of sp³-hybridized carbons (Fsp3) is 0.385. The van der Waals surface area contributed by atoms with Gasteiger partial charge >= 0.3 is 5.97 Å². The Labute approximate surface area is 109 Å². The van der Waals surface area contributed by atoms with Crippen LogP contribution in [0.15, 0.2) is 18.3 Å². The molecule has 1 aromatic rings. The highest BCUT2D eigenvalue weighted by atomic mass is 16.4. The first kappa shape index (κ1) is 11.8. The highest BCUT2D eigenvalue weighted by Crippen LogP contribution is 2.45. The first-order valence-electron chi connectivity index (χ1n) is 6.05. The minimum atomic E-state index is -1.48. The number of aliphatic carboxylic acids is 1. The number of carboxylic acids is 1. The van der Waals surface area contributed by atoms with Gasteiger partial charge in [-0.2, -0.15) is 0 Å². The highest BCUT2D eigenvalue weighted by Gasteiger charge is 2.58. The number of hydrogen-bond donors (Lipinski definition) is 1. The number of pyridine rings is 1. The van der Waals surface area contributed by atoms with Gasteiger partial charge in [-0.3, -0.25) is 19.5 Å². The van der Waals surface area contributed by atoms with Crippen LogP contribution in [0.5, 0.6) is 0 Å². The molecule has 98 valence electrons. The number of carbonyl (C=O) groups is 3. The second-order valence-corrected chi connectivity index (χ2v) is 5.07.